The molecule has 0 unspecified atom stereocenters. The van der Waals surface area contributed by atoms with Crippen LogP contribution >= 0.6 is 34.9 Å². The van der Waals surface area contributed by atoms with E-state index < -0.39 is 5.97 Å². The standard InChI is InChI=1S/C13H13N3O3S3/c17-10(18)6-16-11(19)9(22-13(16)20)5-14-12-15-7-3-1-2-4-8(7)21-12/h5,19H,1-4,6H2,(H,17,18)/b14-5+. The molecule has 0 aliphatic heterocycles. The molecule has 0 spiro atoms. The van der Waals surface area contributed by atoms with Gasteiger partial charge in [-0.3, -0.25) is 9.36 Å². The van der Waals surface area contributed by atoms with Crippen molar-refractivity contribution in [3.05, 3.63) is 19.4 Å². The maximum atomic E-state index is 10.8. The van der Waals surface area contributed by atoms with Crippen molar-refractivity contribution < 1.29 is 15.0 Å². The Morgan fingerprint density at radius 2 is 2.18 bits per heavy atom. The van der Waals surface area contributed by atoms with Crippen LogP contribution in [-0.4, -0.2) is 31.9 Å². The molecule has 1 aliphatic rings. The maximum absolute atomic E-state index is 10.8. The van der Waals surface area contributed by atoms with Gasteiger partial charge in [-0.05, 0) is 37.9 Å². The van der Waals surface area contributed by atoms with E-state index in [-0.39, 0.29) is 12.4 Å². The largest absolute Gasteiger partial charge is 0.493 e. The number of aliphatic imine (C=N–C) groups is 1. The smallest absolute Gasteiger partial charge is 0.323 e. The summed E-state index contributed by atoms with van der Waals surface area (Å²) in [5, 5.41) is 19.5. The van der Waals surface area contributed by atoms with Gasteiger partial charge in [0.25, 0.3) is 0 Å². The van der Waals surface area contributed by atoms with Gasteiger partial charge >= 0.3 is 5.97 Å². The molecule has 2 aromatic rings. The van der Waals surface area contributed by atoms with E-state index in [2.05, 4.69) is 9.98 Å². The molecule has 2 heterocycles. The molecule has 0 amide bonds. The lowest BCUT2D eigenvalue weighted by molar-refractivity contribution is -0.137. The summed E-state index contributed by atoms with van der Waals surface area (Å²) < 4.78 is 1.48. The average Bonchev–Trinajstić information content (AvgIpc) is 3.00. The number of nitrogens with zero attached hydrogens (tertiary/aromatic N) is 3. The Kier molecular flexibility index (Phi) is 4.37. The minimum Gasteiger partial charge on any atom is -0.493 e. The summed E-state index contributed by atoms with van der Waals surface area (Å²) >= 11 is 7.76. The first-order valence-electron chi connectivity index (χ1n) is 6.71. The van der Waals surface area contributed by atoms with E-state index in [1.807, 2.05) is 0 Å². The summed E-state index contributed by atoms with van der Waals surface area (Å²) in [5.74, 6) is -1.22. The molecule has 0 radical (unpaired) electrons. The van der Waals surface area contributed by atoms with E-state index in [0.29, 0.717) is 14.0 Å². The van der Waals surface area contributed by atoms with Crippen molar-refractivity contribution in [2.24, 2.45) is 4.99 Å². The number of hydrogen-bond donors (Lipinski definition) is 2. The topological polar surface area (TPSA) is 87.7 Å². The van der Waals surface area contributed by atoms with Crippen LogP contribution in [0, 0.1) is 3.95 Å². The fourth-order valence-corrected chi connectivity index (χ4v) is 4.45. The van der Waals surface area contributed by atoms with Crippen molar-refractivity contribution in [1.82, 2.24) is 9.55 Å². The van der Waals surface area contributed by atoms with E-state index in [9.17, 15) is 9.90 Å². The summed E-state index contributed by atoms with van der Waals surface area (Å²) in [6, 6.07) is 0. The molecule has 22 heavy (non-hydrogen) atoms. The van der Waals surface area contributed by atoms with Crippen molar-refractivity contribution >= 4 is 52.2 Å². The number of carboxylic acids is 1. The lowest BCUT2D eigenvalue weighted by Gasteiger charge is -2.06. The Morgan fingerprint density at radius 1 is 1.41 bits per heavy atom. The Labute approximate surface area is 139 Å². The maximum Gasteiger partial charge on any atom is 0.323 e. The average molecular weight is 355 g/mol. The lowest BCUT2D eigenvalue weighted by Crippen LogP contribution is -2.08. The molecular weight excluding hydrogens is 342 g/mol. The highest BCUT2D eigenvalue weighted by molar-refractivity contribution is 7.73. The second kappa shape index (κ2) is 6.27. The monoisotopic (exact) mass is 355 g/mol. The first kappa shape index (κ1) is 15.3. The van der Waals surface area contributed by atoms with E-state index in [1.165, 1.54) is 28.5 Å². The van der Waals surface area contributed by atoms with Gasteiger partial charge in [0.05, 0.1) is 11.9 Å². The van der Waals surface area contributed by atoms with Gasteiger partial charge in [0.2, 0.25) is 11.0 Å². The minimum atomic E-state index is -1.06. The second-order valence-corrected chi connectivity index (χ2v) is 7.61. The first-order valence-corrected chi connectivity index (χ1v) is 8.75. The molecular formula is C13H13N3O3S3. The molecule has 2 aromatic heterocycles. The molecule has 0 saturated carbocycles. The molecule has 0 fully saturated rings. The molecule has 9 heteroatoms. The number of fused-ring (bicyclic) bond motifs is 1. The second-order valence-electron chi connectivity index (χ2n) is 4.87. The van der Waals surface area contributed by atoms with Crippen LogP contribution in [0.2, 0.25) is 0 Å². The predicted octanol–water partition coefficient (Wildman–Crippen LogP) is 3.16. The number of aromatic hydroxyl groups is 1. The van der Waals surface area contributed by atoms with Gasteiger partial charge in [-0.2, -0.15) is 0 Å². The lowest BCUT2D eigenvalue weighted by atomic mass is 10.0. The third-order valence-corrected chi connectivity index (χ3v) is 5.75. The van der Waals surface area contributed by atoms with Gasteiger partial charge < -0.3 is 10.2 Å². The number of carbonyl (C=O) groups is 1. The minimum absolute atomic E-state index is 0.164. The van der Waals surface area contributed by atoms with Crippen molar-refractivity contribution in [1.29, 1.82) is 0 Å². The molecule has 6 nitrogen and oxygen atoms in total. The van der Waals surface area contributed by atoms with Crippen LogP contribution in [0.15, 0.2) is 4.99 Å². The zero-order valence-corrected chi connectivity index (χ0v) is 13.9. The van der Waals surface area contributed by atoms with Gasteiger partial charge in [-0.1, -0.05) is 22.7 Å². The number of aryl methyl sites for hydroxylation is 2. The Hall–Kier alpha value is -1.58. The SMILES string of the molecule is O=C(O)Cn1c(O)c(/C=N/c2nc3c(s2)CCCC3)sc1=S. The summed E-state index contributed by atoms with van der Waals surface area (Å²) in [4.78, 5) is 21.3. The zero-order chi connectivity index (χ0) is 15.7. The number of aromatic nitrogens is 2. The van der Waals surface area contributed by atoms with Crippen LogP contribution in [0.4, 0.5) is 5.13 Å². The molecule has 1 aliphatic carbocycles. The highest BCUT2D eigenvalue weighted by atomic mass is 32.1. The van der Waals surface area contributed by atoms with Crippen molar-refractivity contribution in [2.45, 2.75) is 32.2 Å². The predicted molar refractivity (Wildman–Crippen MR) is 88.5 cm³/mol. The van der Waals surface area contributed by atoms with Gasteiger partial charge in [0, 0.05) is 4.88 Å². The van der Waals surface area contributed by atoms with Crippen LogP contribution in [0.5, 0.6) is 5.88 Å². The molecule has 116 valence electrons. The van der Waals surface area contributed by atoms with Gasteiger partial charge in [0.1, 0.15) is 11.4 Å². The van der Waals surface area contributed by atoms with E-state index in [0.717, 1.165) is 29.9 Å². The number of carboxylic acid groups (broad SMARTS) is 1. The summed E-state index contributed by atoms with van der Waals surface area (Å²) in [6.07, 6.45) is 5.92. The molecule has 0 saturated heterocycles. The quantitative estimate of drug-likeness (QED) is 0.650. The Morgan fingerprint density at radius 3 is 2.91 bits per heavy atom. The van der Waals surface area contributed by atoms with Crippen molar-refractivity contribution in [3.8, 4) is 5.88 Å². The highest BCUT2D eigenvalue weighted by Crippen LogP contribution is 2.32. The number of rotatable bonds is 4. The number of thiazole rings is 2. The Balaban J connectivity index is 1.85. The molecule has 2 N–H and O–H groups in total. The third-order valence-electron chi connectivity index (χ3n) is 3.31. The normalized spacial score (nSPS) is 14.4. The molecule has 0 atom stereocenters. The van der Waals surface area contributed by atoms with Crippen molar-refractivity contribution in [2.75, 3.05) is 0 Å². The highest BCUT2D eigenvalue weighted by Gasteiger charge is 2.15. The van der Waals surface area contributed by atoms with Crippen LogP contribution < -0.4 is 0 Å². The summed E-state index contributed by atoms with van der Waals surface area (Å²) in [6.45, 7) is -0.361. The van der Waals surface area contributed by atoms with Crippen LogP contribution in [0.3, 0.4) is 0 Å². The fraction of sp³-hybridized carbons (Fsp3) is 0.385. The van der Waals surface area contributed by atoms with Gasteiger partial charge in [0.15, 0.2) is 3.95 Å². The van der Waals surface area contributed by atoms with Crippen LogP contribution in [0.1, 0.15) is 28.3 Å². The number of aliphatic carboxylic acids is 1. The summed E-state index contributed by atoms with van der Waals surface area (Å²) in [7, 11) is 0. The number of hydrogen-bond acceptors (Lipinski definition) is 7. The van der Waals surface area contributed by atoms with Crippen molar-refractivity contribution in [3.63, 3.8) is 0 Å². The fourth-order valence-electron chi connectivity index (χ4n) is 2.28. The van der Waals surface area contributed by atoms with Gasteiger partial charge in [-0.25, -0.2) is 9.98 Å². The van der Waals surface area contributed by atoms with Crippen LogP contribution in [0.25, 0.3) is 0 Å². The Bertz CT molecular complexity index is 780. The molecule has 0 bridgehead atoms. The zero-order valence-electron chi connectivity index (χ0n) is 11.5. The first-order chi connectivity index (χ1) is 10.5. The van der Waals surface area contributed by atoms with E-state index >= 15 is 0 Å². The van der Waals surface area contributed by atoms with E-state index in [1.54, 1.807) is 11.3 Å². The van der Waals surface area contributed by atoms with Gasteiger partial charge in [-0.15, -0.1) is 0 Å². The third kappa shape index (κ3) is 3.11. The van der Waals surface area contributed by atoms with Crippen LogP contribution in [-0.2, 0) is 24.2 Å². The molecule has 0 aromatic carbocycles. The van der Waals surface area contributed by atoms with E-state index in [4.69, 9.17) is 17.3 Å². The summed E-state index contributed by atoms with van der Waals surface area (Å²) in [5.41, 5.74) is 1.13. The molecule has 3 rings (SSSR count).